The highest BCUT2D eigenvalue weighted by Gasteiger charge is 2.29. The number of nitrogens with two attached hydrogens (primary N) is 1. The van der Waals surface area contributed by atoms with Crippen LogP contribution in [0.25, 0.3) is 0 Å². The lowest BCUT2D eigenvalue weighted by Gasteiger charge is -2.26. The van der Waals surface area contributed by atoms with Gasteiger partial charge in [-0.25, -0.2) is 0 Å². The normalized spacial score (nSPS) is 13.3. The van der Waals surface area contributed by atoms with Crippen LogP contribution < -0.4 is 5.73 Å². The molecule has 0 aromatic carbocycles. The minimum absolute atomic E-state index is 0.129. The summed E-state index contributed by atoms with van der Waals surface area (Å²) in [7, 11) is 0. The van der Waals surface area contributed by atoms with E-state index in [2.05, 4.69) is 13.8 Å². The summed E-state index contributed by atoms with van der Waals surface area (Å²) in [5, 5.41) is 8.61. The number of carbonyl (C=O) groups excluding carboxylic acids is 1. The molecule has 29 heavy (non-hydrogen) atoms. The molecular formula is C25H49NO3. The Hall–Kier alpha value is -1.06. The summed E-state index contributed by atoms with van der Waals surface area (Å²) in [5.74, 6) is -0.819. The van der Waals surface area contributed by atoms with Gasteiger partial charge in [-0.3, -0.25) is 9.59 Å². The van der Waals surface area contributed by atoms with Gasteiger partial charge in [0, 0.05) is 11.8 Å². The van der Waals surface area contributed by atoms with Crippen LogP contribution in [0.4, 0.5) is 0 Å². The Kier molecular flexibility index (Phi) is 18.2. The third-order valence-corrected chi connectivity index (χ3v) is 6.30. The molecule has 0 spiro atoms. The molecule has 0 aromatic rings. The van der Waals surface area contributed by atoms with Crippen LogP contribution in [0.2, 0.25) is 0 Å². The molecule has 0 aliphatic heterocycles. The Morgan fingerprint density at radius 2 is 1.00 bits per heavy atom. The second kappa shape index (κ2) is 18.9. The number of hydrogen-bond acceptors (Lipinski definition) is 2. The van der Waals surface area contributed by atoms with E-state index in [0.717, 1.165) is 51.4 Å². The molecule has 1 atom stereocenters. The summed E-state index contributed by atoms with van der Waals surface area (Å²) in [6.07, 6.45) is 22.6. The first kappa shape index (κ1) is 27.9. The second-order valence-electron chi connectivity index (χ2n) is 9.23. The minimum Gasteiger partial charge on any atom is -0.481 e. The average molecular weight is 412 g/mol. The van der Waals surface area contributed by atoms with Gasteiger partial charge in [0.1, 0.15) is 0 Å². The molecule has 4 nitrogen and oxygen atoms in total. The predicted molar refractivity (Wildman–Crippen MR) is 123 cm³/mol. The molecule has 3 N–H and O–H groups in total. The molecule has 0 bridgehead atoms. The molecule has 0 rings (SSSR count). The molecule has 0 aliphatic carbocycles. The van der Waals surface area contributed by atoms with Crippen molar-refractivity contribution in [3.05, 3.63) is 0 Å². The number of hydrogen-bond donors (Lipinski definition) is 2. The lowest BCUT2D eigenvalue weighted by molar-refractivity contribution is -0.137. The monoisotopic (exact) mass is 411 g/mol. The maximum absolute atomic E-state index is 12.0. The fourth-order valence-electron chi connectivity index (χ4n) is 4.05. The van der Waals surface area contributed by atoms with Gasteiger partial charge in [0.2, 0.25) is 5.91 Å². The standard InChI is InChI=1S/C25H49NO3/c1-3-4-5-6-7-9-12-15-18-21-25(2,24(26)29)22-19-16-13-10-8-11-14-17-20-23(27)28/h3-22H2,1-2H3,(H2,26,29)(H,27,28). The fraction of sp³-hybridized carbons (Fsp3) is 0.920. The number of carboxylic acids is 1. The highest BCUT2D eigenvalue weighted by Crippen LogP contribution is 2.31. The molecule has 172 valence electrons. The number of unbranched alkanes of at least 4 members (excludes halogenated alkanes) is 15. The van der Waals surface area contributed by atoms with E-state index in [1.807, 2.05) is 0 Å². The molecule has 4 heteroatoms. The Morgan fingerprint density at radius 3 is 1.34 bits per heavy atom. The summed E-state index contributed by atoms with van der Waals surface area (Å²) in [5.41, 5.74) is 5.39. The quantitative estimate of drug-likeness (QED) is 0.182. The van der Waals surface area contributed by atoms with E-state index in [1.165, 1.54) is 70.6 Å². The van der Waals surface area contributed by atoms with E-state index in [9.17, 15) is 9.59 Å². The molecule has 0 radical (unpaired) electrons. The number of rotatable bonds is 22. The van der Waals surface area contributed by atoms with Crippen molar-refractivity contribution < 1.29 is 14.7 Å². The largest absolute Gasteiger partial charge is 0.481 e. The van der Waals surface area contributed by atoms with Crippen LogP contribution >= 0.6 is 0 Å². The van der Waals surface area contributed by atoms with Crippen molar-refractivity contribution in [3.8, 4) is 0 Å². The van der Waals surface area contributed by atoms with Gasteiger partial charge in [0.05, 0.1) is 0 Å². The van der Waals surface area contributed by atoms with Crippen molar-refractivity contribution in [3.63, 3.8) is 0 Å². The summed E-state index contributed by atoms with van der Waals surface area (Å²) >= 11 is 0. The number of aliphatic carboxylic acids is 1. The van der Waals surface area contributed by atoms with Crippen molar-refractivity contribution in [1.29, 1.82) is 0 Å². The lowest BCUT2D eigenvalue weighted by atomic mass is 9.79. The second-order valence-corrected chi connectivity index (χ2v) is 9.23. The van der Waals surface area contributed by atoms with Gasteiger partial charge < -0.3 is 10.8 Å². The van der Waals surface area contributed by atoms with E-state index < -0.39 is 5.97 Å². The molecule has 0 saturated carbocycles. The highest BCUT2D eigenvalue weighted by molar-refractivity contribution is 5.80. The summed E-state index contributed by atoms with van der Waals surface area (Å²) in [6.45, 7) is 4.31. The summed E-state index contributed by atoms with van der Waals surface area (Å²) in [4.78, 5) is 22.4. The van der Waals surface area contributed by atoms with Gasteiger partial charge in [0.25, 0.3) is 0 Å². The molecule has 1 amide bonds. The lowest BCUT2D eigenvalue weighted by Crippen LogP contribution is -2.34. The van der Waals surface area contributed by atoms with Crippen LogP contribution in [-0.2, 0) is 9.59 Å². The van der Waals surface area contributed by atoms with Crippen molar-refractivity contribution >= 4 is 11.9 Å². The maximum Gasteiger partial charge on any atom is 0.303 e. The Bertz CT molecular complexity index is 411. The molecule has 1 unspecified atom stereocenters. The van der Waals surface area contributed by atoms with Gasteiger partial charge in [-0.1, -0.05) is 117 Å². The molecule has 0 fully saturated rings. The van der Waals surface area contributed by atoms with Gasteiger partial charge in [-0.2, -0.15) is 0 Å². The number of carbonyl (C=O) groups is 2. The van der Waals surface area contributed by atoms with Crippen molar-refractivity contribution in [2.45, 2.75) is 142 Å². The number of primary amides is 1. The topological polar surface area (TPSA) is 80.4 Å². The Morgan fingerprint density at radius 1 is 0.655 bits per heavy atom. The molecule has 0 aromatic heterocycles. The first-order valence-electron chi connectivity index (χ1n) is 12.4. The smallest absolute Gasteiger partial charge is 0.303 e. The molecule has 0 heterocycles. The third kappa shape index (κ3) is 17.5. The zero-order valence-corrected chi connectivity index (χ0v) is 19.5. The maximum atomic E-state index is 12.0. The Balaban J connectivity index is 3.68. The van der Waals surface area contributed by atoms with Crippen LogP contribution in [0.5, 0.6) is 0 Å². The van der Waals surface area contributed by atoms with Crippen LogP contribution in [0.1, 0.15) is 142 Å². The average Bonchev–Trinajstić information content (AvgIpc) is 2.67. The van der Waals surface area contributed by atoms with E-state index in [-0.39, 0.29) is 11.3 Å². The van der Waals surface area contributed by atoms with Crippen LogP contribution in [0.15, 0.2) is 0 Å². The van der Waals surface area contributed by atoms with Crippen LogP contribution in [-0.4, -0.2) is 17.0 Å². The minimum atomic E-state index is -0.690. The van der Waals surface area contributed by atoms with E-state index in [1.54, 1.807) is 0 Å². The SMILES string of the molecule is CCCCCCCCCCCC(C)(CCCCCCCCCCC(=O)O)C(N)=O. The summed E-state index contributed by atoms with van der Waals surface area (Å²) in [6, 6.07) is 0. The summed E-state index contributed by atoms with van der Waals surface area (Å²) < 4.78 is 0. The van der Waals surface area contributed by atoms with Gasteiger partial charge in [-0.15, -0.1) is 0 Å². The zero-order chi connectivity index (χ0) is 21.8. The zero-order valence-electron chi connectivity index (χ0n) is 19.5. The van der Waals surface area contributed by atoms with Crippen LogP contribution in [0.3, 0.4) is 0 Å². The first-order chi connectivity index (χ1) is 13.9. The van der Waals surface area contributed by atoms with Gasteiger partial charge in [0.15, 0.2) is 0 Å². The van der Waals surface area contributed by atoms with Gasteiger partial charge >= 0.3 is 5.97 Å². The highest BCUT2D eigenvalue weighted by atomic mass is 16.4. The molecular weight excluding hydrogens is 362 g/mol. The van der Waals surface area contributed by atoms with E-state index >= 15 is 0 Å². The fourth-order valence-corrected chi connectivity index (χ4v) is 4.05. The van der Waals surface area contributed by atoms with Gasteiger partial charge in [-0.05, 0) is 19.3 Å². The van der Waals surface area contributed by atoms with Crippen molar-refractivity contribution in [2.75, 3.05) is 0 Å². The van der Waals surface area contributed by atoms with Crippen molar-refractivity contribution in [1.82, 2.24) is 0 Å². The molecule has 0 aliphatic rings. The first-order valence-corrected chi connectivity index (χ1v) is 12.4. The van der Waals surface area contributed by atoms with E-state index in [4.69, 9.17) is 10.8 Å². The third-order valence-electron chi connectivity index (χ3n) is 6.30. The molecule has 0 saturated heterocycles. The Labute approximate surface area is 180 Å². The van der Waals surface area contributed by atoms with E-state index in [0.29, 0.717) is 6.42 Å². The van der Waals surface area contributed by atoms with Crippen molar-refractivity contribution in [2.24, 2.45) is 11.1 Å². The number of amides is 1. The predicted octanol–water partition coefficient (Wildman–Crippen LogP) is 7.38. The number of carboxylic acid groups (broad SMARTS) is 1. The van der Waals surface area contributed by atoms with Crippen LogP contribution in [0, 0.1) is 5.41 Å².